The Kier molecular flexibility index (Phi) is 4.44. The molecule has 0 heterocycles. The molecule has 0 atom stereocenters. The molecule has 3 N–H and O–H groups in total. The number of aliphatic hydroxyl groups excluding tert-OH is 1. The predicted octanol–water partition coefficient (Wildman–Crippen LogP) is 1.60. The fourth-order valence-corrected chi connectivity index (χ4v) is 3.50. The third-order valence-electron chi connectivity index (χ3n) is 2.91. The number of nitrogen functional groups attached to an aromatic ring is 1. The van der Waals surface area contributed by atoms with Crippen molar-refractivity contribution in [3.8, 4) is 0 Å². The van der Waals surface area contributed by atoms with E-state index in [2.05, 4.69) is 0 Å². The molecule has 2 aromatic rings. The average Bonchev–Trinajstić information content (AvgIpc) is 2.46. The van der Waals surface area contributed by atoms with Crippen LogP contribution < -0.4 is 10.0 Å². The summed E-state index contributed by atoms with van der Waals surface area (Å²) in [4.78, 5) is -0.457. The van der Waals surface area contributed by atoms with Crippen LogP contribution in [0.3, 0.4) is 0 Å². The number of hydrogen-bond donors (Lipinski definition) is 2. The molecule has 0 aliphatic carbocycles. The first-order valence-electron chi connectivity index (χ1n) is 6.21. The van der Waals surface area contributed by atoms with Gasteiger partial charge in [-0.05, 0) is 24.3 Å². The Morgan fingerprint density at radius 3 is 2.33 bits per heavy atom. The van der Waals surface area contributed by atoms with E-state index in [9.17, 15) is 12.8 Å². The molecule has 0 aromatic heterocycles. The van der Waals surface area contributed by atoms with E-state index in [1.165, 1.54) is 30.3 Å². The van der Waals surface area contributed by atoms with Gasteiger partial charge in [0.25, 0.3) is 10.0 Å². The van der Waals surface area contributed by atoms with Crippen molar-refractivity contribution in [3.63, 3.8) is 0 Å². The Morgan fingerprint density at radius 2 is 1.71 bits per heavy atom. The van der Waals surface area contributed by atoms with Crippen molar-refractivity contribution < 1.29 is 17.9 Å². The van der Waals surface area contributed by atoms with E-state index >= 15 is 0 Å². The van der Waals surface area contributed by atoms with Crippen molar-refractivity contribution in [3.05, 3.63) is 54.3 Å². The first-order chi connectivity index (χ1) is 9.98. The molecule has 112 valence electrons. The van der Waals surface area contributed by atoms with E-state index in [4.69, 9.17) is 10.8 Å². The van der Waals surface area contributed by atoms with Crippen LogP contribution in [-0.2, 0) is 10.0 Å². The van der Waals surface area contributed by atoms with Gasteiger partial charge in [-0.3, -0.25) is 4.31 Å². The first-order valence-corrected chi connectivity index (χ1v) is 7.65. The minimum atomic E-state index is -4.15. The summed E-state index contributed by atoms with van der Waals surface area (Å²) in [5.41, 5.74) is 6.21. The molecule has 21 heavy (non-hydrogen) atoms. The Balaban J connectivity index is 2.58. The normalized spacial score (nSPS) is 11.3. The standard InChI is InChI=1S/C14H15FN2O3S/c15-11-5-1-4-8-14(11)21(19,20)17(9-10-18)13-7-3-2-6-12(13)16/h1-8,18H,9-10,16H2. The van der Waals surface area contributed by atoms with Crippen molar-refractivity contribution in [2.45, 2.75) is 4.90 Å². The minimum absolute atomic E-state index is 0.204. The van der Waals surface area contributed by atoms with Crippen molar-refractivity contribution in [1.29, 1.82) is 0 Å². The van der Waals surface area contributed by atoms with Crippen molar-refractivity contribution in [2.24, 2.45) is 0 Å². The van der Waals surface area contributed by atoms with Crippen LogP contribution >= 0.6 is 0 Å². The second kappa shape index (κ2) is 6.11. The monoisotopic (exact) mass is 310 g/mol. The highest BCUT2D eigenvalue weighted by Crippen LogP contribution is 2.29. The number of nitrogens with zero attached hydrogens (tertiary/aromatic N) is 1. The molecule has 0 aliphatic heterocycles. The third kappa shape index (κ3) is 2.98. The van der Waals surface area contributed by atoms with Gasteiger partial charge >= 0.3 is 0 Å². The van der Waals surface area contributed by atoms with Gasteiger partial charge in [0.15, 0.2) is 0 Å². The number of para-hydroxylation sites is 2. The summed E-state index contributed by atoms with van der Waals surface area (Å²) >= 11 is 0. The van der Waals surface area contributed by atoms with Crippen LogP contribution in [0.2, 0.25) is 0 Å². The summed E-state index contributed by atoms with van der Waals surface area (Å²) in [6, 6.07) is 11.4. The number of hydrogen-bond acceptors (Lipinski definition) is 4. The number of anilines is 2. The first kappa shape index (κ1) is 15.3. The van der Waals surface area contributed by atoms with E-state index in [0.29, 0.717) is 0 Å². The topological polar surface area (TPSA) is 83.6 Å². The summed E-state index contributed by atoms with van der Waals surface area (Å²) in [6.07, 6.45) is 0. The second-order valence-electron chi connectivity index (χ2n) is 4.29. The molecule has 0 saturated heterocycles. The Labute approximate surface area is 122 Å². The van der Waals surface area contributed by atoms with E-state index < -0.39 is 27.3 Å². The van der Waals surface area contributed by atoms with Crippen molar-refractivity contribution in [1.82, 2.24) is 0 Å². The van der Waals surface area contributed by atoms with Crippen LogP contribution in [-0.4, -0.2) is 26.7 Å². The second-order valence-corrected chi connectivity index (χ2v) is 6.12. The number of halogens is 1. The maximum atomic E-state index is 13.8. The number of rotatable bonds is 5. The van der Waals surface area contributed by atoms with Gasteiger partial charge in [0, 0.05) is 0 Å². The lowest BCUT2D eigenvalue weighted by molar-refractivity contribution is 0.306. The lowest BCUT2D eigenvalue weighted by Gasteiger charge is -2.25. The molecule has 0 unspecified atom stereocenters. The van der Waals surface area contributed by atoms with Crippen molar-refractivity contribution in [2.75, 3.05) is 23.2 Å². The summed E-state index contributed by atoms with van der Waals surface area (Å²) < 4.78 is 39.9. The van der Waals surface area contributed by atoms with Crippen LogP contribution in [0, 0.1) is 5.82 Å². The van der Waals surface area contributed by atoms with E-state index in [1.54, 1.807) is 12.1 Å². The highest BCUT2D eigenvalue weighted by molar-refractivity contribution is 7.92. The fraction of sp³-hybridized carbons (Fsp3) is 0.143. The molecule has 2 rings (SSSR count). The minimum Gasteiger partial charge on any atom is -0.397 e. The highest BCUT2D eigenvalue weighted by atomic mass is 32.2. The zero-order valence-corrected chi connectivity index (χ0v) is 11.9. The number of nitrogens with two attached hydrogens (primary N) is 1. The third-order valence-corrected chi connectivity index (χ3v) is 4.76. The SMILES string of the molecule is Nc1ccccc1N(CCO)S(=O)(=O)c1ccccc1F. The van der Waals surface area contributed by atoms with Gasteiger partial charge in [-0.15, -0.1) is 0 Å². The van der Waals surface area contributed by atoms with Gasteiger partial charge in [0.1, 0.15) is 10.7 Å². The summed E-state index contributed by atoms with van der Waals surface area (Å²) in [7, 11) is -4.15. The molecule has 0 bridgehead atoms. The van der Waals surface area contributed by atoms with E-state index in [-0.39, 0.29) is 17.9 Å². The zero-order chi connectivity index (χ0) is 15.5. The van der Waals surface area contributed by atoms with Crippen LogP contribution in [0.25, 0.3) is 0 Å². The molecule has 5 nitrogen and oxygen atoms in total. The smallest absolute Gasteiger partial charge is 0.267 e. The van der Waals surface area contributed by atoms with E-state index in [1.807, 2.05) is 0 Å². The quantitative estimate of drug-likeness (QED) is 0.822. The number of aliphatic hydroxyl groups is 1. The van der Waals surface area contributed by atoms with Gasteiger partial charge < -0.3 is 10.8 Å². The predicted molar refractivity (Wildman–Crippen MR) is 78.9 cm³/mol. The van der Waals surface area contributed by atoms with Gasteiger partial charge in [-0.2, -0.15) is 0 Å². The fourth-order valence-electron chi connectivity index (χ4n) is 1.95. The molecule has 0 radical (unpaired) electrons. The van der Waals surface area contributed by atoms with Crippen LogP contribution in [0.4, 0.5) is 15.8 Å². The molecule has 0 spiro atoms. The van der Waals surface area contributed by atoms with Crippen molar-refractivity contribution >= 4 is 21.4 Å². The molecule has 0 amide bonds. The Hall–Kier alpha value is -2.12. The largest absolute Gasteiger partial charge is 0.397 e. The van der Waals surface area contributed by atoms with Crippen LogP contribution in [0.5, 0.6) is 0 Å². The summed E-state index contributed by atoms with van der Waals surface area (Å²) in [5, 5.41) is 9.13. The van der Waals surface area contributed by atoms with E-state index in [0.717, 1.165) is 10.4 Å². The Morgan fingerprint density at radius 1 is 1.10 bits per heavy atom. The number of sulfonamides is 1. The molecule has 0 fully saturated rings. The maximum absolute atomic E-state index is 13.8. The van der Waals surface area contributed by atoms with Gasteiger partial charge in [-0.25, -0.2) is 12.8 Å². The zero-order valence-electron chi connectivity index (χ0n) is 11.1. The molecule has 0 aliphatic rings. The molecule has 0 saturated carbocycles. The van der Waals surface area contributed by atoms with Gasteiger partial charge in [-0.1, -0.05) is 24.3 Å². The Bertz CT molecular complexity index is 735. The molecular formula is C14H15FN2O3S. The average molecular weight is 310 g/mol. The van der Waals surface area contributed by atoms with Crippen LogP contribution in [0.1, 0.15) is 0 Å². The highest BCUT2D eigenvalue weighted by Gasteiger charge is 2.28. The number of benzene rings is 2. The molecule has 7 heteroatoms. The lowest BCUT2D eigenvalue weighted by Crippen LogP contribution is -2.34. The van der Waals surface area contributed by atoms with Crippen LogP contribution in [0.15, 0.2) is 53.4 Å². The summed E-state index contributed by atoms with van der Waals surface area (Å²) in [5.74, 6) is -0.852. The molecule has 2 aromatic carbocycles. The lowest BCUT2D eigenvalue weighted by atomic mass is 10.3. The van der Waals surface area contributed by atoms with Gasteiger partial charge in [0.2, 0.25) is 0 Å². The van der Waals surface area contributed by atoms with Gasteiger partial charge in [0.05, 0.1) is 24.5 Å². The summed E-state index contributed by atoms with van der Waals surface area (Å²) in [6.45, 7) is -0.632. The maximum Gasteiger partial charge on any atom is 0.267 e. The molecular weight excluding hydrogens is 295 g/mol.